The number of nitrogens with zero attached hydrogens (tertiary/aromatic N) is 1. The van der Waals surface area contributed by atoms with Gasteiger partial charge in [0.2, 0.25) is 5.91 Å². The molecule has 0 radical (unpaired) electrons. The molecule has 0 aromatic rings. The molecule has 17 heavy (non-hydrogen) atoms. The fourth-order valence-electron chi connectivity index (χ4n) is 3.18. The molecule has 98 valence electrons. The number of amides is 1. The van der Waals surface area contributed by atoms with E-state index in [2.05, 4.69) is 24.1 Å². The van der Waals surface area contributed by atoms with Crippen LogP contribution in [0.2, 0.25) is 0 Å². The average Bonchev–Trinajstić information content (AvgIpc) is 2.39. The predicted molar refractivity (Wildman–Crippen MR) is 69.8 cm³/mol. The van der Waals surface area contributed by atoms with E-state index >= 15 is 0 Å². The van der Waals surface area contributed by atoms with Gasteiger partial charge < -0.3 is 10.2 Å². The summed E-state index contributed by atoms with van der Waals surface area (Å²) < 4.78 is 0. The molecule has 1 aliphatic heterocycles. The lowest BCUT2D eigenvalue weighted by molar-refractivity contribution is -0.140. The highest BCUT2D eigenvalue weighted by Gasteiger charge is 2.33. The zero-order valence-electron chi connectivity index (χ0n) is 11.2. The molecular formula is C14H26N2O. The lowest BCUT2D eigenvalue weighted by Gasteiger charge is -2.41. The van der Waals surface area contributed by atoms with E-state index in [1.807, 2.05) is 0 Å². The molecule has 1 amide bonds. The van der Waals surface area contributed by atoms with E-state index in [1.54, 1.807) is 0 Å². The van der Waals surface area contributed by atoms with Gasteiger partial charge in [-0.2, -0.15) is 0 Å². The molecule has 0 bridgehead atoms. The Balaban J connectivity index is 1.99. The zero-order valence-corrected chi connectivity index (χ0v) is 11.2. The topological polar surface area (TPSA) is 32.3 Å². The van der Waals surface area contributed by atoms with Crippen LogP contribution in [0.5, 0.6) is 0 Å². The molecule has 0 spiro atoms. The maximum Gasteiger partial charge on any atom is 0.226 e. The summed E-state index contributed by atoms with van der Waals surface area (Å²) in [5.41, 5.74) is 0. The summed E-state index contributed by atoms with van der Waals surface area (Å²) >= 11 is 0. The number of carbonyl (C=O) groups excluding carboxylic acids is 1. The second-order valence-corrected chi connectivity index (χ2v) is 5.88. The van der Waals surface area contributed by atoms with Gasteiger partial charge in [-0.25, -0.2) is 0 Å². The van der Waals surface area contributed by atoms with Crippen molar-refractivity contribution in [3.05, 3.63) is 0 Å². The molecule has 1 N–H and O–H groups in total. The third-order valence-corrected chi connectivity index (χ3v) is 4.29. The fraction of sp³-hybridized carbons (Fsp3) is 0.929. The highest BCUT2D eigenvalue weighted by atomic mass is 16.2. The van der Waals surface area contributed by atoms with E-state index in [0.29, 0.717) is 23.8 Å². The number of hydrogen-bond acceptors (Lipinski definition) is 2. The number of rotatable bonds is 2. The van der Waals surface area contributed by atoms with E-state index < -0.39 is 0 Å². The Labute approximate surface area is 105 Å². The summed E-state index contributed by atoms with van der Waals surface area (Å²) in [4.78, 5) is 14.7. The smallest absolute Gasteiger partial charge is 0.226 e. The Morgan fingerprint density at radius 1 is 1.24 bits per heavy atom. The van der Waals surface area contributed by atoms with E-state index in [-0.39, 0.29) is 0 Å². The number of piperazine rings is 1. The van der Waals surface area contributed by atoms with Gasteiger partial charge >= 0.3 is 0 Å². The van der Waals surface area contributed by atoms with Crippen molar-refractivity contribution in [2.45, 2.75) is 52.0 Å². The van der Waals surface area contributed by atoms with Gasteiger partial charge in [0.05, 0.1) is 0 Å². The van der Waals surface area contributed by atoms with Crippen molar-refractivity contribution < 1.29 is 4.79 Å². The maximum absolute atomic E-state index is 12.6. The second-order valence-electron chi connectivity index (χ2n) is 5.88. The summed E-state index contributed by atoms with van der Waals surface area (Å²) in [6, 6.07) is 0.401. The van der Waals surface area contributed by atoms with E-state index in [1.165, 1.54) is 19.3 Å². The Morgan fingerprint density at radius 2 is 1.94 bits per heavy atom. The van der Waals surface area contributed by atoms with Gasteiger partial charge in [0.1, 0.15) is 0 Å². The lowest BCUT2D eigenvalue weighted by atomic mass is 9.87. The fourth-order valence-corrected chi connectivity index (χ4v) is 3.18. The second kappa shape index (κ2) is 5.85. The first-order chi connectivity index (χ1) is 8.20. The van der Waals surface area contributed by atoms with Crippen LogP contribution >= 0.6 is 0 Å². The first-order valence-corrected chi connectivity index (χ1v) is 7.21. The highest BCUT2D eigenvalue weighted by molar-refractivity contribution is 5.79. The summed E-state index contributed by atoms with van der Waals surface area (Å²) in [5, 5.41) is 3.41. The Hall–Kier alpha value is -0.570. The first-order valence-electron chi connectivity index (χ1n) is 7.21. The van der Waals surface area contributed by atoms with Crippen LogP contribution < -0.4 is 5.32 Å². The molecular weight excluding hydrogens is 212 g/mol. The standard InChI is InChI=1S/C14H26N2O/c1-11(2)13-10-15-8-9-16(13)14(17)12-6-4-3-5-7-12/h11-13,15H,3-10H2,1-2H3. The van der Waals surface area contributed by atoms with Crippen molar-refractivity contribution in [2.24, 2.45) is 11.8 Å². The SMILES string of the molecule is CC(C)C1CNCCN1C(=O)C1CCCCC1. The molecule has 3 heteroatoms. The minimum atomic E-state index is 0.322. The van der Waals surface area contributed by atoms with Crippen molar-refractivity contribution in [2.75, 3.05) is 19.6 Å². The number of nitrogens with one attached hydrogen (secondary N) is 1. The predicted octanol–water partition coefficient (Wildman–Crippen LogP) is 2.02. The summed E-state index contributed by atoms with van der Waals surface area (Å²) in [7, 11) is 0. The van der Waals surface area contributed by atoms with Gasteiger partial charge in [-0.3, -0.25) is 4.79 Å². The molecule has 2 rings (SSSR count). The molecule has 2 aliphatic rings. The van der Waals surface area contributed by atoms with Gasteiger partial charge in [0.25, 0.3) is 0 Å². The van der Waals surface area contributed by atoms with Crippen molar-refractivity contribution >= 4 is 5.91 Å². The summed E-state index contributed by atoms with van der Waals surface area (Å²) in [5.74, 6) is 1.31. The quantitative estimate of drug-likeness (QED) is 0.798. The van der Waals surface area contributed by atoms with E-state index in [0.717, 1.165) is 32.5 Å². The van der Waals surface area contributed by atoms with Crippen molar-refractivity contribution in [3.63, 3.8) is 0 Å². The minimum Gasteiger partial charge on any atom is -0.337 e. The lowest BCUT2D eigenvalue weighted by Crippen LogP contribution is -2.57. The van der Waals surface area contributed by atoms with Crippen LogP contribution in [0, 0.1) is 11.8 Å². The van der Waals surface area contributed by atoms with Crippen molar-refractivity contribution in [1.29, 1.82) is 0 Å². The number of carbonyl (C=O) groups is 1. The van der Waals surface area contributed by atoms with Gasteiger partial charge in [-0.1, -0.05) is 33.1 Å². The highest BCUT2D eigenvalue weighted by Crippen LogP contribution is 2.27. The molecule has 1 saturated carbocycles. The van der Waals surface area contributed by atoms with Crippen LogP contribution in [0.1, 0.15) is 46.0 Å². The van der Waals surface area contributed by atoms with Crippen molar-refractivity contribution in [3.8, 4) is 0 Å². The Morgan fingerprint density at radius 3 is 2.59 bits per heavy atom. The third-order valence-electron chi connectivity index (χ3n) is 4.29. The molecule has 0 aromatic carbocycles. The molecule has 2 fully saturated rings. The van der Waals surface area contributed by atoms with E-state index in [4.69, 9.17) is 0 Å². The summed E-state index contributed by atoms with van der Waals surface area (Å²) in [6.45, 7) is 7.27. The van der Waals surface area contributed by atoms with Crippen LogP contribution in [0.15, 0.2) is 0 Å². The maximum atomic E-state index is 12.6. The Kier molecular flexibility index (Phi) is 4.43. The van der Waals surface area contributed by atoms with Gasteiger partial charge in [-0.15, -0.1) is 0 Å². The molecule has 0 aromatic heterocycles. The first kappa shape index (κ1) is 12.9. The van der Waals surface area contributed by atoms with Gasteiger partial charge in [0, 0.05) is 31.6 Å². The number of hydrogen-bond donors (Lipinski definition) is 1. The average molecular weight is 238 g/mol. The van der Waals surface area contributed by atoms with Gasteiger partial charge in [0.15, 0.2) is 0 Å². The molecule has 1 aliphatic carbocycles. The monoisotopic (exact) mass is 238 g/mol. The van der Waals surface area contributed by atoms with Gasteiger partial charge in [-0.05, 0) is 18.8 Å². The van der Waals surface area contributed by atoms with Crippen LogP contribution in [-0.4, -0.2) is 36.5 Å². The third kappa shape index (κ3) is 3.01. The van der Waals surface area contributed by atoms with Crippen LogP contribution in [0.4, 0.5) is 0 Å². The zero-order chi connectivity index (χ0) is 12.3. The molecule has 1 unspecified atom stereocenters. The Bertz CT molecular complexity index is 259. The van der Waals surface area contributed by atoms with Crippen LogP contribution in [-0.2, 0) is 4.79 Å². The minimum absolute atomic E-state index is 0.322. The molecule has 1 heterocycles. The normalized spacial score (nSPS) is 27.5. The van der Waals surface area contributed by atoms with E-state index in [9.17, 15) is 4.79 Å². The summed E-state index contributed by atoms with van der Waals surface area (Å²) in [6.07, 6.45) is 6.05. The largest absolute Gasteiger partial charge is 0.337 e. The molecule has 1 saturated heterocycles. The molecule has 3 nitrogen and oxygen atoms in total. The van der Waals surface area contributed by atoms with Crippen LogP contribution in [0.25, 0.3) is 0 Å². The molecule has 1 atom stereocenters. The van der Waals surface area contributed by atoms with Crippen LogP contribution in [0.3, 0.4) is 0 Å². The van der Waals surface area contributed by atoms with Crippen molar-refractivity contribution in [1.82, 2.24) is 10.2 Å².